The largest absolute Gasteiger partial charge is 0.366 e. The quantitative estimate of drug-likeness (QED) is 0.307. The van der Waals surface area contributed by atoms with Gasteiger partial charge in [0, 0.05) is 32.2 Å². The zero-order valence-corrected chi connectivity index (χ0v) is 17.9. The summed E-state index contributed by atoms with van der Waals surface area (Å²) in [5.74, 6) is -1.68. The molecule has 5 rings (SSSR count). The lowest BCUT2D eigenvalue weighted by molar-refractivity contribution is -0.384. The number of imide groups is 1. The lowest BCUT2D eigenvalue weighted by Gasteiger charge is -2.37. The van der Waals surface area contributed by atoms with Gasteiger partial charge >= 0.3 is 0 Å². The molecule has 0 spiro atoms. The van der Waals surface area contributed by atoms with Crippen LogP contribution in [-0.4, -0.2) is 42.9 Å². The summed E-state index contributed by atoms with van der Waals surface area (Å²) in [6, 6.07) is 11.1. The molecule has 8 nitrogen and oxygen atoms in total. The molecule has 0 N–H and O–H groups in total. The minimum absolute atomic E-state index is 0.152. The Morgan fingerprint density at radius 1 is 0.848 bits per heavy atom. The van der Waals surface area contributed by atoms with Crippen molar-refractivity contribution in [1.29, 1.82) is 0 Å². The molecule has 2 atom stereocenters. The van der Waals surface area contributed by atoms with Gasteiger partial charge in [0.25, 0.3) is 5.69 Å². The summed E-state index contributed by atoms with van der Waals surface area (Å²) >= 11 is 0. The summed E-state index contributed by atoms with van der Waals surface area (Å²) in [5.41, 5.74) is 1.03. The first-order valence-corrected chi connectivity index (χ1v) is 11.0. The number of nitro benzene ring substituents is 1. The number of allylic oxidation sites excluding steroid dienone is 2. The minimum atomic E-state index is -0.484. The normalized spacial score (nSPS) is 22.6. The number of amides is 2. The molecule has 9 heteroatoms. The number of nitrogens with zero attached hydrogens (tertiary/aromatic N) is 4. The van der Waals surface area contributed by atoms with Crippen LogP contribution in [0.3, 0.4) is 0 Å². The maximum absolute atomic E-state index is 14.1. The lowest BCUT2D eigenvalue weighted by Crippen LogP contribution is -2.47. The fourth-order valence-corrected chi connectivity index (χ4v) is 5.02. The van der Waals surface area contributed by atoms with E-state index in [4.69, 9.17) is 0 Å². The molecule has 1 aliphatic carbocycles. The first kappa shape index (κ1) is 21.1. The average Bonchev–Trinajstić information content (AvgIpc) is 3.09. The fourth-order valence-electron chi connectivity index (χ4n) is 5.02. The maximum Gasteiger partial charge on any atom is 0.294 e. The Kier molecular flexibility index (Phi) is 5.32. The third kappa shape index (κ3) is 3.63. The summed E-state index contributed by atoms with van der Waals surface area (Å²) < 4.78 is 14.1. The van der Waals surface area contributed by atoms with Crippen LogP contribution in [0, 0.1) is 27.8 Å². The number of rotatable bonds is 4. The highest BCUT2D eigenvalue weighted by atomic mass is 19.1. The second-order valence-corrected chi connectivity index (χ2v) is 8.52. The second kappa shape index (κ2) is 8.31. The van der Waals surface area contributed by atoms with Crippen molar-refractivity contribution in [2.24, 2.45) is 11.8 Å². The fraction of sp³-hybridized carbons (Fsp3) is 0.333. The second-order valence-electron chi connectivity index (χ2n) is 8.52. The van der Waals surface area contributed by atoms with Gasteiger partial charge in [0.05, 0.1) is 28.1 Å². The van der Waals surface area contributed by atoms with Gasteiger partial charge in [-0.3, -0.25) is 19.7 Å². The number of carbonyl (C=O) groups is 2. The predicted octanol–water partition coefficient (Wildman–Crippen LogP) is 3.52. The van der Waals surface area contributed by atoms with Crippen molar-refractivity contribution in [3.05, 3.63) is 70.5 Å². The molecule has 2 heterocycles. The Morgan fingerprint density at radius 2 is 1.42 bits per heavy atom. The summed E-state index contributed by atoms with van der Waals surface area (Å²) in [6.45, 7) is 1.98. The minimum Gasteiger partial charge on any atom is -0.366 e. The van der Waals surface area contributed by atoms with Crippen molar-refractivity contribution in [1.82, 2.24) is 0 Å². The standard InChI is InChI=1S/C24H23FN4O4/c25-19-7-3-4-8-20(19)26-11-13-27(14-12-26)21-10-9-16(15-22(21)29(32)33)28-23(30)17-5-1-2-6-18(17)24(28)31/h1-4,7-10,15,17-18H,5-6,11-14H2/t17-,18-/m1/s1. The topological polar surface area (TPSA) is 87.0 Å². The molecule has 2 aromatic carbocycles. The number of para-hydroxylation sites is 1. The van der Waals surface area contributed by atoms with Gasteiger partial charge in [-0.25, -0.2) is 9.29 Å². The monoisotopic (exact) mass is 450 g/mol. The predicted molar refractivity (Wildman–Crippen MR) is 122 cm³/mol. The van der Waals surface area contributed by atoms with E-state index >= 15 is 0 Å². The van der Waals surface area contributed by atoms with Crippen LogP contribution < -0.4 is 14.7 Å². The van der Waals surface area contributed by atoms with Crippen molar-refractivity contribution in [3.63, 3.8) is 0 Å². The zero-order chi connectivity index (χ0) is 23.1. The van der Waals surface area contributed by atoms with E-state index in [-0.39, 0.29) is 29.0 Å². The lowest BCUT2D eigenvalue weighted by atomic mass is 9.85. The first-order valence-electron chi connectivity index (χ1n) is 11.0. The highest BCUT2D eigenvalue weighted by Gasteiger charge is 2.48. The van der Waals surface area contributed by atoms with Gasteiger partial charge in [0.15, 0.2) is 0 Å². The number of carbonyl (C=O) groups excluding carboxylic acids is 2. The van der Waals surface area contributed by atoms with E-state index in [1.165, 1.54) is 12.1 Å². The molecule has 2 saturated heterocycles. The third-order valence-corrected chi connectivity index (χ3v) is 6.73. The van der Waals surface area contributed by atoms with E-state index < -0.39 is 16.8 Å². The van der Waals surface area contributed by atoms with E-state index in [0.29, 0.717) is 50.4 Å². The Bertz CT molecular complexity index is 1130. The maximum atomic E-state index is 14.1. The number of benzene rings is 2. The van der Waals surface area contributed by atoms with Crippen molar-refractivity contribution in [2.75, 3.05) is 40.9 Å². The van der Waals surface area contributed by atoms with Gasteiger partial charge < -0.3 is 9.80 Å². The number of halogens is 1. The smallest absolute Gasteiger partial charge is 0.294 e. The number of hydrogen-bond acceptors (Lipinski definition) is 6. The summed E-state index contributed by atoms with van der Waals surface area (Å²) in [7, 11) is 0. The highest BCUT2D eigenvalue weighted by Crippen LogP contribution is 2.40. The Morgan fingerprint density at radius 3 is 2.00 bits per heavy atom. The number of fused-ring (bicyclic) bond motifs is 1. The number of piperazine rings is 1. The molecule has 170 valence electrons. The molecule has 2 fully saturated rings. The number of anilines is 3. The van der Waals surface area contributed by atoms with Gasteiger partial charge in [0.2, 0.25) is 11.8 Å². The Hall–Kier alpha value is -3.75. The van der Waals surface area contributed by atoms with E-state index in [2.05, 4.69) is 0 Å². The van der Waals surface area contributed by atoms with Gasteiger partial charge in [-0.1, -0.05) is 24.3 Å². The number of nitro groups is 1. The molecule has 0 unspecified atom stereocenters. The van der Waals surface area contributed by atoms with Gasteiger partial charge in [-0.2, -0.15) is 0 Å². The van der Waals surface area contributed by atoms with Crippen molar-refractivity contribution in [3.8, 4) is 0 Å². The van der Waals surface area contributed by atoms with E-state index in [1.807, 2.05) is 22.0 Å². The van der Waals surface area contributed by atoms with Crippen LogP contribution in [0.2, 0.25) is 0 Å². The van der Waals surface area contributed by atoms with Crippen LogP contribution in [0.25, 0.3) is 0 Å². The van der Waals surface area contributed by atoms with Gasteiger partial charge in [0.1, 0.15) is 11.5 Å². The molecule has 2 amide bonds. The molecule has 0 radical (unpaired) electrons. The van der Waals surface area contributed by atoms with Crippen LogP contribution in [0.4, 0.5) is 27.1 Å². The van der Waals surface area contributed by atoms with Crippen molar-refractivity contribution < 1.29 is 18.9 Å². The van der Waals surface area contributed by atoms with Gasteiger partial charge in [-0.05, 0) is 37.1 Å². The van der Waals surface area contributed by atoms with E-state index in [9.17, 15) is 24.1 Å². The SMILES string of the molecule is O=C1[C@@H]2CC=CC[C@H]2C(=O)N1c1ccc(N2CCN(c3ccccc3F)CC2)c([N+](=O)[O-])c1. The zero-order valence-electron chi connectivity index (χ0n) is 17.9. The molecular weight excluding hydrogens is 427 g/mol. The van der Waals surface area contributed by atoms with Gasteiger partial charge in [-0.15, -0.1) is 0 Å². The molecule has 0 bridgehead atoms. The van der Waals surface area contributed by atoms with Crippen LogP contribution in [0.1, 0.15) is 12.8 Å². The molecule has 0 aromatic heterocycles. The van der Waals surface area contributed by atoms with Crippen LogP contribution >= 0.6 is 0 Å². The average molecular weight is 450 g/mol. The number of hydrogen-bond donors (Lipinski definition) is 0. The molecule has 2 aliphatic heterocycles. The molecule has 2 aromatic rings. The van der Waals surface area contributed by atoms with E-state index in [1.54, 1.807) is 30.3 Å². The van der Waals surface area contributed by atoms with Crippen LogP contribution in [-0.2, 0) is 9.59 Å². The summed E-state index contributed by atoms with van der Waals surface area (Å²) in [5, 5.41) is 11.9. The summed E-state index contributed by atoms with van der Waals surface area (Å²) in [6.07, 6.45) is 4.83. The van der Waals surface area contributed by atoms with Crippen LogP contribution in [0.15, 0.2) is 54.6 Å². The van der Waals surface area contributed by atoms with Crippen LogP contribution in [0.5, 0.6) is 0 Å². The molecular formula is C24H23FN4O4. The third-order valence-electron chi connectivity index (χ3n) is 6.73. The molecule has 33 heavy (non-hydrogen) atoms. The van der Waals surface area contributed by atoms with Crippen molar-refractivity contribution in [2.45, 2.75) is 12.8 Å². The first-order chi connectivity index (χ1) is 16.0. The Labute approximate surface area is 190 Å². The van der Waals surface area contributed by atoms with Crippen molar-refractivity contribution >= 4 is 34.6 Å². The van der Waals surface area contributed by atoms with E-state index in [0.717, 1.165) is 4.90 Å². The summed E-state index contributed by atoms with van der Waals surface area (Å²) in [4.78, 5) is 42.1. The highest BCUT2D eigenvalue weighted by molar-refractivity contribution is 6.22. The Balaban J connectivity index is 1.38. The molecule has 0 saturated carbocycles. The molecule has 3 aliphatic rings.